The summed E-state index contributed by atoms with van der Waals surface area (Å²) in [5, 5.41) is 4.99. The van der Waals surface area contributed by atoms with E-state index in [1.165, 1.54) is 37.8 Å². The minimum absolute atomic E-state index is 0.656. The quantitative estimate of drug-likeness (QED) is 0.804. The van der Waals surface area contributed by atoms with Crippen molar-refractivity contribution >= 4 is 23.2 Å². The zero-order chi connectivity index (χ0) is 11.8. The lowest BCUT2D eigenvalue weighted by atomic mass is 9.93. The predicted octanol–water partition coefficient (Wildman–Crippen LogP) is 4.24. The van der Waals surface area contributed by atoms with Crippen LogP contribution in [-0.4, -0.2) is 12.6 Å². The normalized spacial score (nSPS) is 32.5. The third-order valence-electron chi connectivity index (χ3n) is 4.27. The minimum atomic E-state index is 0.656. The average Bonchev–Trinajstić information content (AvgIpc) is 2.76. The van der Waals surface area contributed by atoms with E-state index in [1.807, 2.05) is 12.1 Å². The van der Waals surface area contributed by atoms with Gasteiger partial charge in [0.05, 0.1) is 10.0 Å². The fourth-order valence-electron chi connectivity index (χ4n) is 3.38. The van der Waals surface area contributed by atoms with Crippen LogP contribution in [0, 0.1) is 5.92 Å². The maximum Gasteiger partial charge on any atom is 0.0595 e. The van der Waals surface area contributed by atoms with Crippen LogP contribution in [0.3, 0.4) is 0 Å². The molecule has 3 rings (SSSR count). The van der Waals surface area contributed by atoms with Crippen molar-refractivity contribution < 1.29 is 0 Å². The van der Waals surface area contributed by atoms with Crippen molar-refractivity contribution in [3.63, 3.8) is 0 Å². The largest absolute Gasteiger partial charge is 0.314 e. The molecule has 0 radical (unpaired) electrons. The lowest BCUT2D eigenvalue weighted by Gasteiger charge is -2.25. The van der Waals surface area contributed by atoms with Crippen molar-refractivity contribution in [1.82, 2.24) is 5.32 Å². The maximum absolute atomic E-state index is 6.10. The van der Waals surface area contributed by atoms with Gasteiger partial charge in [0.25, 0.3) is 0 Å². The van der Waals surface area contributed by atoms with Crippen molar-refractivity contribution in [2.24, 2.45) is 5.92 Å². The first-order chi connectivity index (χ1) is 8.24. The monoisotopic (exact) mass is 269 g/mol. The topological polar surface area (TPSA) is 12.0 Å². The van der Waals surface area contributed by atoms with Crippen LogP contribution in [0.15, 0.2) is 18.2 Å². The average molecular weight is 270 g/mol. The summed E-state index contributed by atoms with van der Waals surface area (Å²) in [6, 6.07) is 6.83. The van der Waals surface area contributed by atoms with Crippen LogP contribution >= 0.6 is 23.2 Å². The fourth-order valence-corrected chi connectivity index (χ4v) is 3.69. The number of benzene rings is 1. The highest BCUT2D eigenvalue weighted by Crippen LogP contribution is 2.42. The van der Waals surface area contributed by atoms with E-state index in [2.05, 4.69) is 11.4 Å². The van der Waals surface area contributed by atoms with Gasteiger partial charge in [-0.2, -0.15) is 0 Å². The molecule has 1 saturated carbocycles. The van der Waals surface area contributed by atoms with Crippen molar-refractivity contribution in [3.8, 4) is 0 Å². The number of fused-ring (bicyclic) bond motifs is 1. The summed E-state index contributed by atoms with van der Waals surface area (Å²) in [7, 11) is 0. The summed E-state index contributed by atoms with van der Waals surface area (Å²) < 4.78 is 0. The van der Waals surface area contributed by atoms with Gasteiger partial charge in [-0.1, -0.05) is 29.3 Å². The highest BCUT2D eigenvalue weighted by molar-refractivity contribution is 6.42. The second kappa shape index (κ2) is 4.79. The van der Waals surface area contributed by atoms with Crippen LogP contribution in [0.25, 0.3) is 0 Å². The molecule has 1 aromatic rings. The van der Waals surface area contributed by atoms with Gasteiger partial charge >= 0.3 is 0 Å². The van der Waals surface area contributed by atoms with Crippen LogP contribution in [0.1, 0.15) is 37.2 Å². The number of piperidine rings is 1. The number of nitrogens with one attached hydrogen (secondary N) is 1. The molecule has 0 bridgehead atoms. The second-order valence-corrected chi connectivity index (χ2v) is 6.12. The van der Waals surface area contributed by atoms with Gasteiger partial charge < -0.3 is 5.32 Å². The predicted molar refractivity (Wildman–Crippen MR) is 73.0 cm³/mol. The number of halogens is 2. The van der Waals surface area contributed by atoms with Crippen LogP contribution in [0.2, 0.25) is 10.0 Å². The van der Waals surface area contributed by atoms with Crippen molar-refractivity contribution in [3.05, 3.63) is 33.8 Å². The summed E-state index contributed by atoms with van der Waals surface area (Å²) in [4.78, 5) is 0. The Hall–Kier alpha value is -0.240. The van der Waals surface area contributed by atoms with E-state index in [0.717, 1.165) is 12.0 Å². The molecule has 17 heavy (non-hydrogen) atoms. The number of hydrogen-bond donors (Lipinski definition) is 1. The van der Waals surface area contributed by atoms with E-state index in [-0.39, 0.29) is 0 Å². The van der Waals surface area contributed by atoms with E-state index in [1.54, 1.807) is 0 Å². The third-order valence-corrected chi connectivity index (χ3v) is 5.01. The molecule has 0 amide bonds. The van der Waals surface area contributed by atoms with Gasteiger partial charge in [-0.3, -0.25) is 0 Å². The Balaban J connectivity index is 1.79. The Bertz CT molecular complexity index is 405. The SMILES string of the molecule is Clc1ccc([C@H]2CC3CCCNC3C2)cc1Cl. The Labute approximate surface area is 112 Å². The van der Waals surface area contributed by atoms with Crippen LogP contribution in [0.4, 0.5) is 0 Å². The fraction of sp³-hybridized carbons (Fsp3) is 0.571. The maximum atomic E-state index is 6.10. The van der Waals surface area contributed by atoms with E-state index in [9.17, 15) is 0 Å². The summed E-state index contributed by atoms with van der Waals surface area (Å²) in [6.45, 7) is 1.19. The van der Waals surface area contributed by atoms with Gasteiger partial charge in [-0.05, 0) is 61.8 Å². The molecule has 3 heteroatoms. The molecule has 2 fully saturated rings. The van der Waals surface area contributed by atoms with Gasteiger partial charge in [0.15, 0.2) is 0 Å². The number of hydrogen-bond acceptors (Lipinski definition) is 1. The smallest absolute Gasteiger partial charge is 0.0595 e. The third kappa shape index (κ3) is 2.33. The van der Waals surface area contributed by atoms with Crippen LogP contribution in [-0.2, 0) is 0 Å². The molecule has 0 spiro atoms. The molecule has 3 atom stereocenters. The first-order valence-electron chi connectivity index (χ1n) is 6.42. The molecule has 1 heterocycles. The molecule has 0 aromatic heterocycles. The molecule has 92 valence electrons. The van der Waals surface area contributed by atoms with Crippen molar-refractivity contribution in [1.29, 1.82) is 0 Å². The van der Waals surface area contributed by atoms with Gasteiger partial charge in [0.2, 0.25) is 0 Å². The zero-order valence-corrected chi connectivity index (χ0v) is 11.3. The lowest BCUT2D eigenvalue weighted by molar-refractivity contribution is 0.318. The van der Waals surface area contributed by atoms with Crippen molar-refractivity contribution in [2.75, 3.05) is 6.54 Å². The van der Waals surface area contributed by atoms with E-state index in [0.29, 0.717) is 16.0 Å². The van der Waals surface area contributed by atoms with E-state index in [4.69, 9.17) is 23.2 Å². The minimum Gasteiger partial charge on any atom is -0.314 e. The first-order valence-corrected chi connectivity index (χ1v) is 7.18. The zero-order valence-electron chi connectivity index (χ0n) is 9.76. The summed E-state index contributed by atoms with van der Waals surface area (Å²) >= 11 is 12.1. The molecular weight excluding hydrogens is 253 g/mol. The van der Waals surface area contributed by atoms with Crippen LogP contribution < -0.4 is 5.32 Å². The first kappa shape index (κ1) is 11.8. The molecule has 2 unspecified atom stereocenters. The Kier molecular flexibility index (Phi) is 3.34. The van der Waals surface area contributed by atoms with Gasteiger partial charge in [-0.15, -0.1) is 0 Å². The Morgan fingerprint density at radius 1 is 1.12 bits per heavy atom. The van der Waals surface area contributed by atoms with E-state index >= 15 is 0 Å². The standard InChI is InChI=1S/C14H17Cl2N/c15-12-4-3-9(7-13(12)16)11-6-10-2-1-5-17-14(10)8-11/h3-4,7,10-11,14,17H,1-2,5-6,8H2/t10?,11-,14?/m0/s1. The second-order valence-electron chi connectivity index (χ2n) is 5.30. The highest BCUT2D eigenvalue weighted by Gasteiger charge is 2.36. The molecule has 1 N–H and O–H groups in total. The van der Waals surface area contributed by atoms with E-state index < -0.39 is 0 Å². The molecule has 1 saturated heterocycles. The number of rotatable bonds is 1. The lowest BCUT2D eigenvalue weighted by Crippen LogP contribution is -2.37. The molecule has 2 aliphatic rings. The summed E-state index contributed by atoms with van der Waals surface area (Å²) in [5.41, 5.74) is 1.36. The molecule has 1 aliphatic carbocycles. The molecule has 1 nitrogen and oxygen atoms in total. The Morgan fingerprint density at radius 2 is 2.00 bits per heavy atom. The Morgan fingerprint density at radius 3 is 2.76 bits per heavy atom. The van der Waals surface area contributed by atoms with Gasteiger partial charge in [-0.25, -0.2) is 0 Å². The molecular formula is C14H17Cl2N. The summed E-state index contributed by atoms with van der Waals surface area (Å²) in [5.74, 6) is 1.52. The van der Waals surface area contributed by atoms with Gasteiger partial charge in [0, 0.05) is 6.04 Å². The van der Waals surface area contributed by atoms with Crippen molar-refractivity contribution in [2.45, 2.75) is 37.6 Å². The molecule has 1 aliphatic heterocycles. The van der Waals surface area contributed by atoms with Crippen LogP contribution in [0.5, 0.6) is 0 Å². The summed E-state index contributed by atoms with van der Waals surface area (Å²) in [6.07, 6.45) is 5.27. The van der Waals surface area contributed by atoms with Gasteiger partial charge in [0.1, 0.15) is 0 Å². The highest BCUT2D eigenvalue weighted by atomic mass is 35.5. The molecule has 1 aromatic carbocycles.